The summed E-state index contributed by atoms with van der Waals surface area (Å²) in [7, 11) is 1.33. The van der Waals surface area contributed by atoms with E-state index >= 15 is 0 Å². The van der Waals surface area contributed by atoms with Crippen molar-refractivity contribution in [3.05, 3.63) is 52.7 Å². The zero-order valence-electron chi connectivity index (χ0n) is 21.0. The van der Waals surface area contributed by atoms with Crippen molar-refractivity contribution in [1.29, 1.82) is 5.26 Å². The van der Waals surface area contributed by atoms with Crippen LogP contribution in [0.3, 0.4) is 0 Å². The van der Waals surface area contributed by atoms with Gasteiger partial charge >= 0.3 is 0 Å². The van der Waals surface area contributed by atoms with Crippen LogP contribution in [0.5, 0.6) is 5.75 Å². The zero-order valence-corrected chi connectivity index (χ0v) is 21.9. The molecule has 3 aromatic rings. The Bertz CT molecular complexity index is 1410. The fourth-order valence-corrected chi connectivity index (χ4v) is 6.04. The molecule has 2 N–H and O–H groups in total. The van der Waals surface area contributed by atoms with Gasteiger partial charge in [-0.1, -0.05) is 6.07 Å². The van der Waals surface area contributed by atoms with E-state index < -0.39 is 7.14 Å². The van der Waals surface area contributed by atoms with Gasteiger partial charge in [0.25, 0.3) is 0 Å². The summed E-state index contributed by atoms with van der Waals surface area (Å²) in [4.78, 5) is 15.8. The van der Waals surface area contributed by atoms with Gasteiger partial charge in [-0.05, 0) is 74.9 Å². The van der Waals surface area contributed by atoms with Gasteiger partial charge in [-0.2, -0.15) is 10.2 Å². The monoisotopic (exact) mass is 503 g/mol. The van der Waals surface area contributed by atoms with E-state index in [1.54, 1.807) is 38.6 Å². The van der Waals surface area contributed by atoms with Crippen molar-refractivity contribution in [2.24, 2.45) is 0 Å². The smallest absolute Gasteiger partial charge is 0.229 e. The SMILES string of the molecule is COc1c(Nc2ncc(C#N)c(Nc3cccc(P(C)(C)=O)n3)n2)cc2c3c1CCCC3CN(C)C2. The molecule has 1 atom stereocenters. The lowest BCUT2D eigenvalue weighted by atomic mass is 9.77. The Morgan fingerprint density at radius 2 is 2.08 bits per heavy atom. The van der Waals surface area contributed by atoms with Crippen LogP contribution in [-0.2, 0) is 17.5 Å². The third-order valence-corrected chi connectivity index (χ3v) is 8.11. The summed E-state index contributed by atoms with van der Waals surface area (Å²) in [5.41, 5.74) is 5.63. The number of aromatic nitrogens is 3. The number of ether oxygens (including phenoxy) is 1. The van der Waals surface area contributed by atoms with Crippen LogP contribution in [0.1, 0.15) is 41.0 Å². The minimum atomic E-state index is -2.53. The first-order valence-corrected chi connectivity index (χ1v) is 14.6. The quantitative estimate of drug-likeness (QED) is 0.474. The molecular formula is C26H30N7O2P. The molecule has 1 aromatic carbocycles. The van der Waals surface area contributed by atoms with E-state index in [0.29, 0.717) is 28.9 Å². The van der Waals surface area contributed by atoms with Gasteiger partial charge in [0, 0.05) is 18.7 Å². The highest BCUT2D eigenvalue weighted by atomic mass is 31.2. The maximum atomic E-state index is 12.5. The summed E-state index contributed by atoms with van der Waals surface area (Å²) in [5, 5.41) is 16.1. The Hall–Kier alpha value is -3.47. The Labute approximate surface area is 211 Å². The Morgan fingerprint density at radius 3 is 2.83 bits per heavy atom. The number of hydrogen-bond acceptors (Lipinski definition) is 9. The second-order valence-corrected chi connectivity index (χ2v) is 13.0. The molecule has 0 spiro atoms. The first kappa shape index (κ1) is 24.2. The lowest BCUT2D eigenvalue weighted by molar-refractivity contribution is 0.264. The Morgan fingerprint density at radius 1 is 1.25 bits per heavy atom. The summed E-state index contributed by atoms with van der Waals surface area (Å²) >= 11 is 0. The number of rotatable bonds is 6. The minimum absolute atomic E-state index is 0.279. The van der Waals surface area contributed by atoms with Crippen LogP contribution < -0.4 is 20.8 Å². The van der Waals surface area contributed by atoms with Gasteiger partial charge in [-0.25, -0.2) is 9.97 Å². The molecule has 0 amide bonds. The fraction of sp³-hybridized carbons (Fsp3) is 0.385. The highest BCUT2D eigenvalue weighted by Crippen LogP contribution is 2.46. The molecule has 0 fully saturated rings. The van der Waals surface area contributed by atoms with Crippen molar-refractivity contribution in [3.8, 4) is 11.8 Å². The van der Waals surface area contributed by atoms with E-state index in [-0.39, 0.29) is 5.56 Å². The Kier molecular flexibility index (Phi) is 6.42. The van der Waals surface area contributed by atoms with Crippen LogP contribution in [0.2, 0.25) is 0 Å². The molecule has 0 radical (unpaired) electrons. The molecule has 186 valence electrons. The van der Waals surface area contributed by atoms with Gasteiger partial charge in [0.1, 0.15) is 35.8 Å². The largest absolute Gasteiger partial charge is 0.494 e. The van der Waals surface area contributed by atoms with Gasteiger partial charge in [-0.15, -0.1) is 0 Å². The normalized spacial score (nSPS) is 17.1. The number of likely N-dealkylation sites (N-methyl/N-ethyl adjacent to an activating group) is 1. The standard InChI is InChI=1S/C26H30N7O2P/c1-33-14-16-7-5-8-19-23(16)17(15-33)11-20(24(19)35-2)29-26-28-13-18(12-27)25(32-26)31-21-9-6-10-22(30-21)36(3,4)34/h6,9-11,13,16H,5,7-8,14-15H2,1-4H3,(H2,28,29,30,31,32). The molecule has 3 heterocycles. The van der Waals surface area contributed by atoms with Crippen LogP contribution in [0.4, 0.5) is 23.3 Å². The van der Waals surface area contributed by atoms with Crippen molar-refractivity contribution in [2.75, 3.05) is 44.7 Å². The highest BCUT2D eigenvalue weighted by molar-refractivity contribution is 7.69. The molecule has 1 unspecified atom stereocenters. The molecule has 0 saturated heterocycles. The van der Waals surface area contributed by atoms with Crippen molar-refractivity contribution >= 4 is 35.8 Å². The van der Waals surface area contributed by atoms with Gasteiger partial charge in [0.05, 0.1) is 19.0 Å². The van der Waals surface area contributed by atoms with Crippen LogP contribution in [-0.4, -0.2) is 53.9 Å². The van der Waals surface area contributed by atoms with Gasteiger partial charge in [0.15, 0.2) is 5.82 Å². The summed E-state index contributed by atoms with van der Waals surface area (Å²) in [6, 6.07) is 9.54. The van der Waals surface area contributed by atoms with Crippen molar-refractivity contribution < 1.29 is 9.30 Å². The molecule has 0 bridgehead atoms. The van der Waals surface area contributed by atoms with E-state index in [4.69, 9.17) is 4.74 Å². The predicted octanol–water partition coefficient (Wildman–Crippen LogP) is 4.35. The average Bonchev–Trinajstić information content (AvgIpc) is 2.84. The number of benzene rings is 1. The summed E-state index contributed by atoms with van der Waals surface area (Å²) in [5.74, 6) is 2.49. The topological polar surface area (TPSA) is 116 Å². The predicted molar refractivity (Wildman–Crippen MR) is 142 cm³/mol. The van der Waals surface area contributed by atoms with Crippen molar-refractivity contribution in [3.63, 3.8) is 0 Å². The molecule has 5 rings (SSSR count). The number of methoxy groups -OCH3 is 1. The van der Waals surface area contributed by atoms with Gasteiger partial charge < -0.3 is 24.8 Å². The van der Waals surface area contributed by atoms with Gasteiger partial charge in [0.2, 0.25) is 5.95 Å². The summed E-state index contributed by atoms with van der Waals surface area (Å²) in [6.45, 7) is 5.31. The number of nitrogens with zero attached hydrogens (tertiary/aromatic N) is 5. The molecular weight excluding hydrogens is 473 g/mol. The van der Waals surface area contributed by atoms with Gasteiger partial charge in [-0.3, -0.25) is 0 Å². The van der Waals surface area contributed by atoms with E-state index in [0.717, 1.165) is 37.4 Å². The highest BCUT2D eigenvalue weighted by Gasteiger charge is 2.32. The third kappa shape index (κ3) is 4.67. The number of anilines is 4. The maximum absolute atomic E-state index is 12.5. The molecule has 1 aliphatic heterocycles. The van der Waals surface area contributed by atoms with Crippen molar-refractivity contribution in [2.45, 2.75) is 31.7 Å². The maximum Gasteiger partial charge on any atom is 0.229 e. The van der Waals surface area contributed by atoms with E-state index in [1.165, 1.54) is 29.3 Å². The molecule has 0 saturated carbocycles. The molecule has 9 nitrogen and oxygen atoms in total. The molecule has 2 aromatic heterocycles. The van der Waals surface area contributed by atoms with Crippen LogP contribution in [0.15, 0.2) is 30.5 Å². The third-order valence-electron chi connectivity index (χ3n) is 6.76. The first-order chi connectivity index (χ1) is 17.3. The van der Waals surface area contributed by atoms with E-state index in [1.807, 2.05) is 0 Å². The van der Waals surface area contributed by atoms with Crippen LogP contribution in [0, 0.1) is 11.3 Å². The number of pyridine rings is 1. The zero-order chi connectivity index (χ0) is 25.4. The van der Waals surface area contributed by atoms with Crippen molar-refractivity contribution in [1.82, 2.24) is 19.9 Å². The molecule has 36 heavy (non-hydrogen) atoms. The second-order valence-electron chi connectivity index (χ2n) is 9.84. The lowest BCUT2D eigenvalue weighted by Crippen LogP contribution is -2.33. The second kappa shape index (κ2) is 9.53. The van der Waals surface area contributed by atoms with E-state index in [2.05, 4.69) is 49.7 Å². The van der Waals surface area contributed by atoms with E-state index in [9.17, 15) is 9.83 Å². The van der Waals surface area contributed by atoms with Crippen LogP contribution in [0.25, 0.3) is 0 Å². The fourth-order valence-electron chi connectivity index (χ4n) is 5.25. The number of nitrogens with one attached hydrogen (secondary N) is 2. The summed E-state index contributed by atoms with van der Waals surface area (Å²) in [6.07, 6.45) is 4.81. The minimum Gasteiger partial charge on any atom is -0.494 e. The molecule has 1 aliphatic carbocycles. The molecule has 10 heteroatoms. The average molecular weight is 504 g/mol. The first-order valence-electron chi connectivity index (χ1n) is 12.0. The van der Waals surface area contributed by atoms with Crippen LogP contribution >= 0.6 is 7.14 Å². The lowest BCUT2D eigenvalue weighted by Gasteiger charge is -2.38. The Balaban J connectivity index is 1.50. The number of nitriles is 1. The number of hydrogen-bond donors (Lipinski definition) is 2. The molecule has 2 aliphatic rings. The summed E-state index contributed by atoms with van der Waals surface area (Å²) < 4.78 is 18.4.